The minimum absolute atomic E-state index is 0.167. The summed E-state index contributed by atoms with van der Waals surface area (Å²) < 4.78 is 2.82. The van der Waals surface area contributed by atoms with Crippen LogP contribution in [-0.4, -0.2) is 25.7 Å². The lowest BCUT2D eigenvalue weighted by atomic mass is 10.1. The molecule has 2 heterocycles. The third-order valence-electron chi connectivity index (χ3n) is 4.53. The predicted octanol–water partition coefficient (Wildman–Crippen LogP) is 3.59. The van der Waals surface area contributed by atoms with Gasteiger partial charge in [0, 0.05) is 16.7 Å². The predicted molar refractivity (Wildman–Crippen MR) is 98.2 cm³/mol. The summed E-state index contributed by atoms with van der Waals surface area (Å²) in [6.07, 6.45) is 5.22. The summed E-state index contributed by atoms with van der Waals surface area (Å²) in [5, 5.41) is 8.26. The summed E-state index contributed by atoms with van der Waals surface area (Å²) >= 11 is 3.44. The van der Waals surface area contributed by atoms with Crippen LogP contribution in [0.5, 0.6) is 0 Å². The van der Waals surface area contributed by atoms with E-state index in [1.54, 1.807) is 17.1 Å². The normalized spacial score (nSPS) is 15.5. The molecular weight excluding hydrogens is 382 g/mol. The van der Waals surface area contributed by atoms with Gasteiger partial charge in [0.2, 0.25) is 5.82 Å². The molecule has 0 saturated heterocycles. The highest BCUT2D eigenvalue weighted by molar-refractivity contribution is 9.10. The van der Waals surface area contributed by atoms with Gasteiger partial charge in [-0.3, -0.25) is 4.79 Å². The van der Waals surface area contributed by atoms with E-state index in [0.29, 0.717) is 5.65 Å². The summed E-state index contributed by atoms with van der Waals surface area (Å²) in [5.74, 6) is -0.0721. The van der Waals surface area contributed by atoms with Crippen molar-refractivity contribution in [1.29, 1.82) is 0 Å². The Kier molecular flexibility index (Phi) is 3.83. The second kappa shape index (κ2) is 5.91. The van der Waals surface area contributed by atoms with Crippen molar-refractivity contribution in [3.8, 4) is 0 Å². The highest BCUT2D eigenvalue weighted by Crippen LogP contribution is 2.45. The zero-order valence-corrected chi connectivity index (χ0v) is 15.6. The lowest BCUT2D eigenvalue weighted by Gasteiger charge is -2.17. The fourth-order valence-electron chi connectivity index (χ4n) is 2.98. The largest absolute Gasteiger partial charge is 0.340 e. The van der Waals surface area contributed by atoms with Gasteiger partial charge in [-0.25, -0.2) is 14.6 Å². The molecule has 1 fully saturated rings. The number of nitrogens with one attached hydrogen (secondary N) is 1. The van der Waals surface area contributed by atoms with Crippen LogP contribution in [0.15, 0.2) is 41.1 Å². The average molecular weight is 400 g/mol. The van der Waals surface area contributed by atoms with Gasteiger partial charge in [-0.05, 0) is 44.4 Å². The smallest absolute Gasteiger partial charge is 0.289 e. The molecule has 0 bridgehead atoms. The number of carbonyl (C=O) groups is 1. The summed E-state index contributed by atoms with van der Waals surface area (Å²) in [6, 6.07) is 8.22. The van der Waals surface area contributed by atoms with Crippen LogP contribution in [0.4, 0.5) is 0 Å². The highest BCUT2D eigenvalue weighted by atomic mass is 79.9. The van der Waals surface area contributed by atoms with Gasteiger partial charge in [-0.1, -0.05) is 28.1 Å². The lowest BCUT2D eigenvalue weighted by Crippen LogP contribution is -2.35. The molecule has 0 radical (unpaired) electrons. The Balaban J connectivity index is 1.62. The quantitative estimate of drug-likeness (QED) is 0.727. The molecule has 4 rings (SSSR count). The number of hydrogen-bond acceptors (Lipinski definition) is 4. The Morgan fingerprint density at radius 1 is 1.24 bits per heavy atom. The maximum atomic E-state index is 12.7. The van der Waals surface area contributed by atoms with Crippen LogP contribution >= 0.6 is 15.9 Å². The Hall–Kier alpha value is -2.28. The van der Waals surface area contributed by atoms with Crippen molar-refractivity contribution in [2.24, 2.45) is 0 Å². The second-order valence-electron chi connectivity index (χ2n) is 6.70. The van der Waals surface area contributed by atoms with Gasteiger partial charge >= 0.3 is 0 Å². The molecule has 0 aliphatic heterocycles. The van der Waals surface area contributed by atoms with E-state index in [2.05, 4.69) is 36.3 Å². The number of amides is 1. The molecule has 1 amide bonds. The standard InChI is InChI=1S/C18H18BrN5O/c1-11(2)24-16-12(10-21-24)9-20-15(22-16)17(25)23-18(7-8-18)13-3-5-14(19)6-4-13/h3-6,9-11H,7-8H2,1-2H3,(H,23,25). The summed E-state index contributed by atoms with van der Waals surface area (Å²) in [4.78, 5) is 21.4. The number of halogens is 1. The molecule has 1 N–H and O–H groups in total. The van der Waals surface area contributed by atoms with Gasteiger partial charge in [-0.15, -0.1) is 0 Å². The maximum Gasteiger partial charge on any atom is 0.289 e. The monoisotopic (exact) mass is 399 g/mol. The molecule has 1 aliphatic rings. The molecular formula is C18H18BrN5O. The fourth-order valence-corrected chi connectivity index (χ4v) is 3.24. The van der Waals surface area contributed by atoms with Crippen molar-refractivity contribution in [3.05, 3.63) is 52.5 Å². The maximum absolute atomic E-state index is 12.7. The van der Waals surface area contributed by atoms with Crippen molar-refractivity contribution in [1.82, 2.24) is 25.1 Å². The van der Waals surface area contributed by atoms with Crippen LogP contribution in [0.25, 0.3) is 11.0 Å². The second-order valence-corrected chi connectivity index (χ2v) is 7.61. The van der Waals surface area contributed by atoms with Crippen LogP contribution in [0.2, 0.25) is 0 Å². The van der Waals surface area contributed by atoms with Crippen LogP contribution in [-0.2, 0) is 5.54 Å². The topological polar surface area (TPSA) is 72.7 Å². The lowest BCUT2D eigenvalue weighted by molar-refractivity contribution is 0.0920. The van der Waals surface area contributed by atoms with Gasteiger partial charge < -0.3 is 5.32 Å². The van der Waals surface area contributed by atoms with E-state index in [1.807, 2.05) is 38.1 Å². The zero-order valence-electron chi connectivity index (χ0n) is 14.0. The fraction of sp³-hybridized carbons (Fsp3) is 0.333. The van der Waals surface area contributed by atoms with Crippen molar-refractivity contribution < 1.29 is 4.79 Å². The zero-order chi connectivity index (χ0) is 17.6. The van der Waals surface area contributed by atoms with E-state index in [9.17, 15) is 4.79 Å². The molecule has 0 unspecified atom stereocenters. The van der Waals surface area contributed by atoms with Gasteiger partial charge in [0.25, 0.3) is 5.91 Å². The van der Waals surface area contributed by atoms with Crippen LogP contribution in [0, 0.1) is 0 Å². The SMILES string of the molecule is CC(C)n1ncc2cnc(C(=O)NC3(c4ccc(Br)cc4)CC3)nc21. The van der Waals surface area contributed by atoms with Crippen molar-refractivity contribution in [2.75, 3.05) is 0 Å². The molecule has 128 valence electrons. The first-order valence-electron chi connectivity index (χ1n) is 8.27. The van der Waals surface area contributed by atoms with E-state index in [0.717, 1.165) is 28.3 Å². The molecule has 0 atom stereocenters. The number of carbonyl (C=O) groups excluding carboxylic acids is 1. The molecule has 2 aromatic heterocycles. The molecule has 1 saturated carbocycles. The molecule has 25 heavy (non-hydrogen) atoms. The molecule has 1 aliphatic carbocycles. The number of rotatable bonds is 4. The third-order valence-corrected chi connectivity index (χ3v) is 5.05. The molecule has 3 aromatic rings. The number of benzene rings is 1. The van der Waals surface area contributed by atoms with Crippen LogP contribution < -0.4 is 5.32 Å². The number of aromatic nitrogens is 4. The minimum atomic E-state index is -0.297. The number of fused-ring (bicyclic) bond motifs is 1. The van der Waals surface area contributed by atoms with Crippen molar-refractivity contribution >= 4 is 32.9 Å². The van der Waals surface area contributed by atoms with Crippen LogP contribution in [0.1, 0.15) is 48.9 Å². The highest BCUT2D eigenvalue weighted by Gasteiger charge is 2.46. The van der Waals surface area contributed by atoms with E-state index >= 15 is 0 Å². The van der Waals surface area contributed by atoms with Crippen molar-refractivity contribution in [3.63, 3.8) is 0 Å². The van der Waals surface area contributed by atoms with Gasteiger partial charge in [0.1, 0.15) is 0 Å². The molecule has 1 aromatic carbocycles. The summed E-state index contributed by atoms with van der Waals surface area (Å²) in [5.41, 5.74) is 1.50. The van der Waals surface area contributed by atoms with Crippen LogP contribution in [0.3, 0.4) is 0 Å². The van der Waals surface area contributed by atoms with Gasteiger partial charge in [0.05, 0.1) is 17.1 Å². The Morgan fingerprint density at radius 2 is 1.96 bits per heavy atom. The number of hydrogen-bond donors (Lipinski definition) is 1. The first kappa shape index (κ1) is 16.2. The molecule has 7 heteroatoms. The summed E-state index contributed by atoms with van der Waals surface area (Å²) in [6.45, 7) is 4.06. The minimum Gasteiger partial charge on any atom is -0.340 e. The Labute approximate surface area is 153 Å². The van der Waals surface area contributed by atoms with E-state index in [1.165, 1.54) is 0 Å². The van der Waals surface area contributed by atoms with E-state index in [4.69, 9.17) is 0 Å². The Morgan fingerprint density at radius 3 is 2.60 bits per heavy atom. The third kappa shape index (κ3) is 2.93. The van der Waals surface area contributed by atoms with E-state index in [-0.39, 0.29) is 23.3 Å². The average Bonchev–Trinajstić information content (AvgIpc) is 3.24. The van der Waals surface area contributed by atoms with Gasteiger partial charge in [0.15, 0.2) is 5.65 Å². The van der Waals surface area contributed by atoms with Gasteiger partial charge in [-0.2, -0.15) is 5.10 Å². The molecule has 6 nitrogen and oxygen atoms in total. The first-order valence-corrected chi connectivity index (χ1v) is 9.07. The van der Waals surface area contributed by atoms with Crippen molar-refractivity contribution in [2.45, 2.75) is 38.3 Å². The number of nitrogens with zero attached hydrogens (tertiary/aromatic N) is 4. The van der Waals surface area contributed by atoms with E-state index < -0.39 is 0 Å². The first-order chi connectivity index (χ1) is 12.0. The molecule has 0 spiro atoms. The Bertz CT molecular complexity index is 944. The summed E-state index contributed by atoms with van der Waals surface area (Å²) in [7, 11) is 0.